The zero-order valence-electron chi connectivity index (χ0n) is 11.3. The van der Waals surface area contributed by atoms with Gasteiger partial charge in [-0.1, -0.05) is 43.9 Å². The van der Waals surface area contributed by atoms with E-state index in [2.05, 4.69) is 26.0 Å². The van der Waals surface area contributed by atoms with Gasteiger partial charge in [-0.25, -0.2) is 0 Å². The van der Waals surface area contributed by atoms with Crippen LogP contribution in [0.2, 0.25) is 0 Å². The fraction of sp³-hybridized carbons (Fsp3) is 0.600. The highest BCUT2D eigenvalue weighted by Crippen LogP contribution is 2.28. The molecule has 0 aliphatic carbocycles. The van der Waals surface area contributed by atoms with Gasteiger partial charge in [-0.15, -0.1) is 0 Å². The van der Waals surface area contributed by atoms with E-state index in [-0.39, 0.29) is 6.04 Å². The molecule has 2 N–H and O–H groups in total. The van der Waals surface area contributed by atoms with Crippen LogP contribution in [0.3, 0.4) is 0 Å². The third-order valence-corrected chi connectivity index (χ3v) is 2.98. The van der Waals surface area contributed by atoms with Gasteiger partial charge in [-0.05, 0) is 26.3 Å². The van der Waals surface area contributed by atoms with Gasteiger partial charge in [0.1, 0.15) is 5.75 Å². The molecule has 0 amide bonds. The summed E-state index contributed by atoms with van der Waals surface area (Å²) >= 11 is 0. The second kappa shape index (κ2) is 7.33. The van der Waals surface area contributed by atoms with Crippen LogP contribution in [0.15, 0.2) is 18.2 Å². The van der Waals surface area contributed by atoms with E-state index in [0.717, 1.165) is 17.7 Å². The Hall–Kier alpha value is -1.02. The normalized spacial score (nSPS) is 12.5. The topological polar surface area (TPSA) is 35.2 Å². The molecule has 1 atom stereocenters. The number of benzene rings is 1. The summed E-state index contributed by atoms with van der Waals surface area (Å²) < 4.78 is 5.64. The van der Waals surface area contributed by atoms with Crippen molar-refractivity contribution in [3.8, 4) is 5.75 Å². The third kappa shape index (κ3) is 4.39. The molecule has 0 saturated carbocycles. The summed E-state index contributed by atoms with van der Waals surface area (Å²) in [7, 11) is 0. The number of hydrogen-bond acceptors (Lipinski definition) is 2. The molecule has 0 spiro atoms. The zero-order valence-corrected chi connectivity index (χ0v) is 11.3. The Morgan fingerprint density at radius 3 is 2.65 bits per heavy atom. The highest BCUT2D eigenvalue weighted by molar-refractivity contribution is 5.39. The molecule has 1 aromatic carbocycles. The summed E-state index contributed by atoms with van der Waals surface area (Å²) in [5.41, 5.74) is 8.66. The van der Waals surface area contributed by atoms with E-state index in [4.69, 9.17) is 10.5 Å². The first-order valence-corrected chi connectivity index (χ1v) is 6.68. The molecule has 0 heterocycles. The highest BCUT2D eigenvalue weighted by atomic mass is 16.5. The van der Waals surface area contributed by atoms with Gasteiger partial charge in [0.15, 0.2) is 0 Å². The lowest BCUT2D eigenvalue weighted by Gasteiger charge is -2.17. The van der Waals surface area contributed by atoms with Crippen LogP contribution >= 0.6 is 0 Å². The van der Waals surface area contributed by atoms with E-state index in [9.17, 15) is 0 Å². The van der Waals surface area contributed by atoms with Crippen LogP contribution in [0.25, 0.3) is 0 Å². The minimum atomic E-state index is 0.1000. The standard InChI is InChI=1S/C15H25NO/c1-4-6-7-8-14(16)13-11-12(3)9-10-15(13)17-5-2/h9-11,14H,4-8,16H2,1-3H3. The molecule has 96 valence electrons. The molecule has 17 heavy (non-hydrogen) atoms. The van der Waals surface area contributed by atoms with Gasteiger partial charge in [0, 0.05) is 11.6 Å². The largest absolute Gasteiger partial charge is 0.494 e. The summed E-state index contributed by atoms with van der Waals surface area (Å²) in [6.45, 7) is 7.01. The summed E-state index contributed by atoms with van der Waals surface area (Å²) in [5.74, 6) is 0.946. The first-order chi connectivity index (χ1) is 8.19. The first-order valence-electron chi connectivity index (χ1n) is 6.68. The van der Waals surface area contributed by atoms with Crippen molar-refractivity contribution >= 4 is 0 Å². The van der Waals surface area contributed by atoms with Crippen molar-refractivity contribution in [3.63, 3.8) is 0 Å². The molecule has 1 aromatic rings. The second-order valence-electron chi connectivity index (χ2n) is 4.58. The number of rotatable bonds is 7. The van der Waals surface area contributed by atoms with Crippen LogP contribution in [0.1, 0.15) is 56.7 Å². The van der Waals surface area contributed by atoms with Gasteiger partial charge in [0.25, 0.3) is 0 Å². The molecule has 0 saturated heterocycles. The Labute approximate surface area is 105 Å². The Morgan fingerprint density at radius 2 is 2.00 bits per heavy atom. The second-order valence-corrected chi connectivity index (χ2v) is 4.58. The van der Waals surface area contributed by atoms with E-state index in [1.165, 1.54) is 24.8 Å². The number of ether oxygens (including phenoxy) is 1. The predicted molar refractivity (Wildman–Crippen MR) is 73.4 cm³/mol. The quantitative estimate of drug-likeness (QED) is 0.726. The Morgan fingerprint density at radius 1 is 1.24 bits per heavy atom. The van der Waals surface area contributed by atoms with Gasteiger partial charge in [0.05, 0.1) is 6.61 Å². The lowest BCUT2D eigenvalue weighted by atomic mass is 9.99. The Kier molecular flexibility index (Phi) is 6.06. The van der Waals surface area contributed by atoms with Crippen molar-refractivity contribution in [2.24, 2.45) is 5.73 Å². The molecule has 1 unspecified atom stereocenters. The monoisotopic (exact) mass is 235 g/mol. The maximum absolute atomic E-state index is 6.26. The van der Waals surface area contributed by atoms with Crippen molar-refractivity contribution in [3.05, 3.63) is 29.3 Å². The maximum Gasteiger partial charge on any atom is 0.124 e. The predicted octanol–water partition coefficient (Wildman–Crippen LogP) is 3.97. The summed E-state index contributed by atoms with van der Waals surface area (Å²) in [6.07, 6.45) is 4.72. The van der Waals surface area contributed by atoms with Gasteiger partial charge in [-0.3, -0.25) is 0 Å². The smallest absolute Gasteiger partial charge is 0.124 e. The molecule has 0 radical (unpaired) electrons. The highest BCUT2D eigenvalue weighted by Gasteiger charge is 2.12. The molecular formula is C15H25NO. The van der Waals surface area contributed by atoms with E-state index in [1.807, 2.05) is 13.0 Å². The fourth-order valence-electron chi connectivity index (χ4n) is 2.01. The molecule has 0 aromatic heterocycles. The molecule has 1 rings (SSSR count). The van der Waals surface area contributed by atoms with Crippen LogP contribution in [0.5, 0.6) is 5.75 Å². The van der Waals surface area contributed by atoms with Gasteiger partial charge in [0.2, 0.25) is 0 Å². The Bertz CT molecular complexity index is 336. The molecule has 0 aliphatic heterocycles. The van der Waals surface area contributed by atoms with Crippen LogP contribution in [0.4, 0.5) is 0 Å². The van der Waals surface area contributed by atoms with Crippen LogP contribution < -0.4 is 10.5 Å². The summed E-state index contributed by atoms with van der Waals surface area (Å²) in [5, 5.41) is 0. The van der Waals surface area contributed by atoms with E-state index < -0.39 is 0 Å². The average molecular weight is 235 g/mol. The van der Waals surface area contributed by atoms with Crippen molar-refractivity contribution in [1.82, 2.24) is 0 Å². The Balaban J connectivity index is 2.74. The van der Waals surface area contributed by atoms with Crippen molar-refractivity contribution < 1.29 is 4.74 Å². The maximum atomic E-state index is 6.26. The fourth-order valence-corrected chi connectivity index (χ4v) is 2.01. The number of aryl methyl sites for hydroxylation is 1. The molecule has 2 heteroatoms. The summed E-state index contributed by atoms with van der Waals surface area (Å²) in [4.78, 5) is 0. The molecule has 2 nitrogen and oxygen atoms in total. The van der Waals surface area contributed by atoms with Crippen LogP contribution in [0, 0.1) is 6.92 Å². The molecule has 0 bridgehead atoms. The molecule has 0 fully saturated rings. The number of nitrogens with two attached hydrogens (primary N) is 1. The van der Waals surface area contributed by atoms with E-state index in [1.54, 1.807) is 0 Å². The van der Waals surface area contributed by atoms with Crippen molar-refractivity contribution in [1.29, 1.82) is 0 Å². The van der Waals surface area contributed by atoms with Gasteiger partial charge in [-0.2, -0.15) is 0 Å². The van der Waals surface area contributed by atoms with Crippen molar-refractivity contribution in [2.75, 3.05) is 6.61 Å². The average Bonchev–Trinajstić information content (AvgIpc) is 2.32. The first kappa shape index (κ1) is 14.0. The third-order valence-electron chi connectivity index (χ3n) is 2.98. The number of hydrogen-bond donors (Lipinski definition) is 1. The van der Waals surface area contributed by atoms with Crippen LogP contribution in [-0.4, -0.2) is 6.61 Å². The minimum absolute atomic E-state index is 0.1000. The van der Waals surface area contributed by atoms with Crippen molar-refractivity contribution in [2.45, 2.75) is 52.5 Å². The lowest BCUT2D eigenvalue weighted by molar-refractivity contribution is 0.333. The van der Waals surface area contributed by atoms with Crippen LogP contribution in [-0.2, 0) is 0 Å². The SMILES string of the molecule is CCCCCC(N)c1cc(C)ccc1OCC. The summed E-state index contributed by atoms with van der Waals surface area (Å²) in [6, 6.07) is 6.37. The van der Waals surface area contributed by atoms with Gasteiger partial charge >= 0.3 is 0 Å². The van der Waals surface area contributed by atoms with E-state index in [0.29, 0.717) is 6.61 Å². The molecule has 0 aliphatic rings. The number of unbranched alkanes of at least 4 members (excludes halogenated alkanes) is 2. The lowest BCUT2D eigenvalue weighted by Crippen LogP contribution is -2.12. The molecular weight excluding hydrogens is 210 g/mol. The minimum Gasteiger partial charge on any atom is -0.494 e. The van der Waals surface area contributed by atoms with E-state index >= 15 is 0 Å². The zero-order chi connectivity index (χ0) is 12.7. The van der Waals surface area contributed by atoms with Gasteiger partial charge < -0.3 is 10.5 Å².